The summed E-state index contributed by atoms with van der Waals surface area (Å²) in [5.41, 5.74) is 3.09. The first kappa shape index (κ1) is 24.1. The van der Waals surface area contributed by atoms with Crippen LogP contribution in [0.25, 0.3) is 0 Å². The van der Waals surface area contributed by atoms with Crippen LogP contribution in [0.2, 0.25) is 0 Å². The van der Waals surface area contributed by atoms with E-state index in [-0.39, 0.29) is 0 Å². The molecule has 1 aromatic rings. The monoisotopic (exact) mass is 434 g/mol. The van der Waals surface area contributed by atoms with Crippen molar-refractivity contribution in [3.63, 3.8) is 0 Å². The van der Waals surface area contributed by atoms with E-state index in [9.17, 15) is 0 Å². The van der Waals surface area contributed by atoms with Gasteiger partial charge in [0.15, 0.2) is 0 Å². The molecule has 3 aliphatic carbocycles. The van der Waals surface area contributed by atoms with Gasteiger partial charge in [0.2, 0.25) is 0 Å². The maximum atomic E-state index is 3.86. The van der Waals surface area contributed by atoms with Gasteiger partial charge >= 0.3 is 0 Å². The molecule has 3 saturated carbocycles. The van der Waals surface area contributed by atoms with E-state index >= 15 is 0 Å². The minimum atomic E-state index is 0.824. The molecule has 32 heavy (non-hydrogen) atoms. The quantitative estimate of drug-likeness (QED) is 0.254. The zero-order valence-corrected chi connectivity index (χ0v) is 21.1. The highest BCUT2D eigenvalue weighted by Crippen LogP contribution is 2.51. The van der Waals surface area contributed by atoms with Crippen molar-refractivity contribution >= 4 is 0 Å². The van der Waals surface area contributed by atoms with Gasteiger partial charge in [-0.2, -0.15) is 0 Å². The molecule has 1 aromatic carbocycles. The smallest absolute Gasteiger partial charge is 0.0159 e. The van der Waals surface area contributed by atoms with E-state index in [1.54, 1.807) is 44.1 Å². The summed E-state index contributed by atoms with van der Waals surface area (Å²) in [5, 5.41) is 0. The van der Waals surface area contributed by atoms with Crippen LogP contribution < -0.4 is 0 Å². The van der Waals surface area contributed by atoms with Crippen molar-refractivity contribution in [2.75, 3.05) is 0 Å². The summed E-state index contributed by atoms with van der Waals surface area (Å²) in [5.74, 6) is 6.09. The number of unbranched alkanes of at least 4 members (excludes halogenated alkanes) is 3. The van der Waals surface area contributed by atoms with Crippen LogP contribution >= 0.6 is 0 Å². The normalized spacial score (nSPS) is 32.9. The molecule has 4 atom stereocenters. The van der Waals surface area contributed by atoms with Gasteiger partial charge in [-0.05, 0) is 111 Å². The second-order valence-corrected chi connectivity index (χ2v) is 11.8. The highest BCUT2D eigenvalue weighted by atomic mass is 14.4. The van der Waals surface area contributed by atoms with Gasteiger partial charge in [0.05, 0.1) is 0 Å². The topological polar surface area (TPSA) is 0 Å². The Morgan fingerprint density at radius 2 is 1.41 bits per heavy atom. The van der Waals surface area contributed by atoms with Crippen molar-refractivity contribution in [2.24, 2.45) is 29.6 Å². The Bertz CT molecular complexity index is 662. The van der Waals surface area contributed by atoms with Gasteiger partial charge in [0, 0.05) is 0 Å². The lowest BCUT2D eigenvalue weighted by molar-refractivity contribution is 0.0710. The Morgan fingerprint density at radius 3 is 2.12 bits per heavy atom. The molecule has 0 radical (unpaired) electrons. The van der Waals surface area contributed by atoms with Gasteiger partial charge in [-0.3, -0.25) is 0 Å². The first-order valence-corrected chi connectivity index (χ1v) is 14.5. The lowest BCUT2D eigenvalue weighted by atomic mass is 9.60. The van der Waals surface area contributed by atoms with Gasteiger partial charge in [0.25, 0.3) is 0 Å². The van der Waals surface area contributed by atoms with E-state index in [2.05, 4.69) is 37.8 Å². The summed E-state index contributed by atoms with van der Waals surface area (Å²) in [4.78, 5) is 0. The predicted molar refractivity (Wildman–Crippen MR) is 140 cm³/mol. The summed E-state index contributed by atoms with van der Waals surface area (Å²) in [6.07, 6.45) is 26.8. The molecule has 0 aromatic heterocycles. The number of aryl methyl sites for hydroxylation is 1. The average Bonchev–Trinajstić information content (AvgIpc) is 2.85. The van der Waals surface area contributed by atoms with Gasteiger partial charge < -0.3 is 0 Å². The number of hydrogen-bond acceptors (Lipinski definition) is 0. The fraction of sp³-hybridized carbons (Fsp3) is 0.750. The zero-order chi connectivity index (χ0) is 22.2. The molecule has 0 saturated heterocycles. The van der Waals surface area contributed by atoms with E-state index in [0.717, 1.165) is 48.3 Å². The third kappa shape index (κ3) is 6.51. The third-order valence-corrected chi connectivity index (χ3v) is 9.77. The molecule has 3 fully saturated rings. The van der Waals surface area contributed by atoms with E-state index < -0.39 is 0 Å². The van der Waals surface area contributed by atoms with E-state index in [4.69, 9.17) is 0 Å². The Balaban J connectivity index is 1.20. The number of rotatable bonds is 10. The highest BCUT2D eigenvalue weighted by molar-refractivity contribution is 5.26. The van der Waals surface area contributed by atoms with Crippen LogP contribution in [-0.4, -0.2) is 0 Å². The molecule has 0 nitrogen and oxygen atoms in total. The first-order chi connectivity index (χ1) is 15.8. The van der Waals surface area contributed by atoms with Gasteiger partial charge in [-0.1, -0.05) is 82.2 Å². The molecule has 0 heterocycles. The van der Waals surface area contributed by atoms with Crippen LogP contribution in [0.4, 0.5) is 0 Å². The Morgan fingerprint density at radius 1 is 0.750 bits per heavy atom. The van der Waals surface area contributed by atoms with E-state index in [1.807, 2.05) is 6.08 Å². The molecule has 0 N–H and O–H groups in total. The molecular weight excluding hydrogens is 384 g/mol. The highest BCUT2D eigenvalue weighted by Gasteiger charge is 2.39. The summed E-state index contributed by atoms with van der Waals surface area (Å²) < 4.78 is 0. The Kier molecular flexibility index (Phi) is 9.36. The van der Waals surface area contributed by atoms with Crippen LogP contribution in [0.1, 0.15) is 127 Å². The molecule has 0 bridgehead atoms. The molecule has 178 valence electrons. The van der Waals surface area contributed by atoms with Crippen molar-refractivity contribution < 1.29 is 0 Å². The minimum absolute atomic E-state index is 0.824. The molecule has 4 rings (SSSR count). The second-order valence-electron chi connectivity index (χ2n) is 11.8. The summed E-state index contributed by atoms with van der Waals surface area (Å²) in [6, 6.07) is 9.63. The minimum Gasteiger partial charge on any atom is -0.103 e. The lowest BCUT2D eigenvalue weighted by Crippen LogP contribution is -2.34. The summed E-state index contributed by atoms with van der Waals surface area (Å²) in [7, 11) is 0. The molecule has 4 unspecified atom stereocenters. The largest absolute Gasteiger partial charge is 0.103 e. The molecule has 0 aliphatic heterocycles. The van der Waals surface area contributed by atoms with Gasteiger partial charge in [-0.15, -0.1) is 6.58 Å². The molecule has 0 amide bonds. The van der Waals surface area contributed by atoms with Crippen molar-refractivity contribution in [3.8, 4) is 0 Å². The SMILES string of the molecule is C=CCCc1ccc(C2CCC3CC(C4CCC(CCCCCC)CC4)CCC3C2)cc1. The van der Waals surface area contributed by atoms with Crippen LogP contribution in [0.5, 0.6) is 0 Å². The van der Waals surface area contributed by atoms with Crippen LogP contribution in [-0.2, 0) is 6.42 Å². The Hall–Kier alpha value is -1.04. The lowest BCUT2D eigenvalue weighted by Gasteiger charge is -2.45. The fourth-order valence-corrected chi connectivity index (χ4v) is 7.69. The van der Waals surface area contributed by atoms with Crippen molar-refractivity contribution in [1.82, 2.24) is 0 Å². The maximum Gasteiger partial charge on any atom is -0.0159 e. The van der Waals surface area contributed by atoms with Crippen molar-refractivity contribution in [3.05, 3.63) is 48.0 Å². The van der Waals surface area contributed by atoms with Crippen LogP contribution in [0.3, 0.4) is 0 Å². The number of benzene rings is 1. The average molecular weight is 435 g/mol. The van der Waals surface area contributed by atoms with E-state index in [0.29, 0.717) is 0 Å². The molecular formula is C32H50. The van der Waals surface area contributed by atoms with Crippen molar-refractivity contribution in [1.29, 1.82) is 0 Å². The molecule has 0 heteroatoms. The zero-order valence-electron chi connectivity index (χ0n) is 21.1. The standard InChI is InChI=1S/C32H50/c1-3-5-7-8-10-26-13-17-28(18-14-26)30-20-22-31-23-29(19-21-32(31)24-30)27-15-11-25(12-16-27)9-6-4-2/h4,11-12,15-16,26,28-32H,2-3,5-10,13-14,17-24H2,1H3. The van der Waals surface area contributed by atoms with E-state index in [1.165, 1.54) is 63.4 Å². The molecule has 3 aliphatic rings. The van der Waals surface area contributed by atoms with Gasteiger partial charge in [0.1, 0.15) is 0 Å². The third-order valence-electron chi connectivity index (χ3n) is 9.77. The summed E-state index contributed by atoms with van der Waals surface area (Å²) in [6.45, 7) is 6.19. The predicted octanol–water partition coefficient (Wildman–Crippen LogP) is 9.88. The number of allylic oxidation sites excluding steroid dienone is 1. The maximum absolute atomic E-state index is 3.86. The molecule has 0 spiro atoms. The Labute approximate surface area is 199 Å². The van der Waals surface area contributed by atoms with Crippen LogP contribution in [0, 0.1) is 29.6 Å². The first-order valence-electron chi connectivity index (χ1n) is 14.5. The van der Waals surface area contributed by atoms with Crippen molar-refractivity contribution in [2.45, 2.75) is 122 Å². The van der Waals surface area contributed by atoms with Gasteiger partial charge in [-0.25, -0.2) is 0 Å². The van der Waals surface area contributed by atoms with Crippen LogP contribution in [0.15, 0.2) is 36.9 Å². The number of fused-ring (bicyclic) bond motifs is 1. The summed E-state index contributed by atoms with van der Waals surface area (Å²) >= 11 is 0. The second kappa shape index (κ2) is 12.4. The fourth-order valence-electron chi connectivity index (χ4n) is 7.69. The number of hydrogen-bond donors (Lipinski definition) is 0.